The Bertz CT molecular complexity index is 147. The van der Waals surface area contributed by atoms with Gasteiger partial charge in [0, 0.05) is 19.6 Å². The van der Waals surface area contributed by atoms with Crippen molar-refractivity contribution < 1.29 is 4.79 Å². The summed E-state index contributed by atoms with van der Waals surface area (Å²) in [5.41, 5.74) is 10.5. The van der Waals surface area contributed by atoms with Gasteiger partial charge in [0.25, 0.3) is 0 Å². The van der Waals surface area contributed by atoms with E-state index in [0.29, 0.717) is 19.6 Å². The van der Waals surface area contributed by atoms with Gasteiger partial charge in [0.05, 0.1) is 5.41 Å². The smallest absolute Gasteiger partial charge is 0.227 e. The summed E-state index contributed by atoms with van der Waals surface area (Å²) in [5.74, 6) is 0.0328. The van der Waals surface area contributed by atoms with Crippen LogP contribution in [0.15, 0.2) is 0 Å². The first kappa shape index (κ1) is 12.4. The van der Waals surface area contributed by atoms with Crippen molar-refractivity contribution in [1.29, 1.82) is 0 Å². The highest BCUT2D eigenvalue weighted by Crippen LogP contribution is 2.24. The van der Waals surface area contributed by atoms with E-state index in [-0.39, 0.29) is 5.91 Å². The molecule has 0 spiro atoms. The number of carbonyl (C=O) groups is 1. The lowest BCUT2D eigenvalue weighted by Crippen LogP contribution is -2.46. The van der Waals surface area contributed by atoms with Crippen LogP contribution in [0, 0.1) is 5.41 Å². The predicted molar refractivity (Wildman–Crippen MR) is 54.1 cm³/mol. The third kappa shape index (κ3) is 2.97. The number of hydrogen-bond acceptors (Lipinski definition) is 3. The van der Waals surface area contributed by atoms with Crippen LogP contribution in [0.25, 0.3) is 0 Å². The average molecular weight is 187 g/mol. The molecule has 0 saturated carbocycles. The minimum absolute atomic E-state index is 0.0328. The van der Waals surface area contributed by atoms with Crippen molar-refractivity contribution in [2.45, 2.75) is 26.7 Å². The van der Waals surface area contributed by atoms with Gasteiger partial charge in [-0.2, -0.15) is 0 Å². The fourth-order valence-corrected chi connectivity index (χ4v) is 1.33. The van der Waals surface area contributed by atoms with Gasteiger partial charge in [-0.1, -0.05) is 13.8 Å². The summed E-state index contributed by atoms with van der Waals surface area (Å²) < 4.78 is 0. The molecule has 0 heterocycles. The van der Waals surface area contributed by atoms with E-state index in [4.69, 9.17) is 11.5 Å². The summed E-state index contributed by atoms with van der Waals surface area (Å²) in [6.07, 6.45) is 1.55. The van der Waals surface area contributed by atoms with Gasteiger partial charge in [0.2, 0.25) is 5.91 Å². The molecule has 13 heavy (non-hydrogen) atoms. The minimum Gasteiger partial charge on any atom is -0.354 e. The Morgan fingerprint density at radius 1 is 1.31 bits per heavy atom. The Morgan fingerprint density at radius 3 is 2.15 bits per heavy atom. The van der Waals surface area contributed by atoms with Gasteiger partial charge in [0.1, 0.15) is 0 Å². The maximum Gasteiger partial charge on any atom is 0.227 e. The Morgan fingerprint density at radius 2 is 1.85 bits per heavy atom. The second-order valence-electron chi connectivity index (χ2n) is 3.24. The van der Waals surface area contributed by atoms with Crippen LogP contribution < -0.4 is 16.8 Å². The highest BCUT2D eigenvalue weighted by atomic mass is 16.2. The Hall–Kier alpha value is -0.610. The maximum absolute atomic E-state index is 11.7. The van der Waals surface area contributed by atoms with Crippen LogP contribution in [-0.4, -0.2) is 25.5 Å². The predicted octanol–water partition coefficient (Wildman–Crippen LogP) is -0.174. The van der Waals surface area contributed by atoms with Gasteiger partial charge in [-0.25, -0.2) is 0 Å². The van der Waals surface area contributed by atoms with Crippen molar-refractivity contribution in [3.05, 3.63) is 0 Å². The SMILES string of the molecule is CCC(CC)(CN)C(=O)NCCN. The number of carbonyl (C=O) groups excluding carboxylic acids is 1. The number of rotatable bonds is 6. The standard InChI is InChI=1S/C9H21N3O/c1-3-9(4-2,7-11)8(13)12-6-5-10/h3-7,10-11H2,1-2H3,(H,12,13). The lowest BCUT2D eigenvalue weighted by molar-refractivity contribution is -0.130. The first-order chi connectivity index (χ1) is 6.16. The molecule has 0 unspecified atom stereocenters. The van der Waals surface area contributed by atoms with E-state index in [2.05, 4.69) is 5.32 Å². The van der Waals surface area contributed by atoms with E-state index in [9.17, 15) is 4.79 Å². The Labute approximate surface area is 80.0 Å². The summed E-state index contributed by atoms with van der Waals surface area (Å²) in [4.78, 5) is 11.7. The van der Waals surface area contributed by atoms with Crippen LogP contribution in [0.4, 0.5) is 0 Å². The summed E-state index contributed by atoms with van der Waals surface area (Å²) in [6, 6.07) is 0. The fourth-order valence-electron chi connectivity index (χ4n) is 1.33. The largest absolute Gasteiger partial charge is 0.354 e. The van der Waals surface area contributed by atoms with Crippen LogP contribution >= 0.6 is 0 Å². The summed E-state index contributed by atoms with van der Waals surface area (Å²) in [6.45, 7) is 5.37. The highest BCUT2D eigenvalue weighted by Gasteiger charge is 2.32. The normalized spacial score (nSPS) is 11.4. The molecular weight excluding hydrogens is 166 g/mol. The molecule has 0 aliphatic carbocycles. The molecule has 4 nitrogen and oxygen atoms in total. The Balaban J connectivity index is 4.26. The molecular formula is C9H21N3O. The molecule has 0 bridgehead atoms. The Kier molecular flexibility index (Phi) is 5.66. The molecule has 0 aromatic rings. The second kappa shape index (κ2) is 5.94. The van der Waals surface area contributed by atoms with Crippen molar-refractivity contribution in [2.24, 2.45) is 16.9 Å². The van der Waals surface area contributed by atoms with E-state index in [0.717, 1.165) is 12.8 Å². The van der Waals surface area contributed by atoms with Crippen molar-refractivity contribution in [3.63, 3.8) is 0 Å². The van der Waals surface area contributed by atoms with E-state index < -0.39 is 5.41 Å². The van der Waals surface area contributed by atoms with Crippen LogP contribution in [0.3, 0.4) is 0 Å². The van der Waals surface area contributed by atoms with Gasteiger partial charge in [-0.3, -0.25) is 4.79 Å². The van der Waals surface area contributed by atoms with E-state index in [1.54, 1.807) is 0 Å². The molecule has 0 aromatic heterocycles. The fraction of sp³-hybridized carbons (Fsp3) is 0.889. The highest BCUT2D eigenvalue weighted by molar-refractivity contribution is 5.82. The van der Waals surface area contributed by atoms with Crippen LogP contribution in [0.2, 0.25) is 0 Å². The van der Waals surface area contributed by atoms with Gasteiger partial charge >= 0.3 is 0 Å². The number of nitrogens with two attached hydrogens (primary N) is 2. The van der Waals surface area contributed by atoms with E-state index in [1.807, 2.05) is 13.8 Å². The first-order valence-corrected chi connectivity index (χ1v) is 4.85. The van der Waals surface area contributed by atoms with Crippen LogP contribution in [0.5, 0.6) is 0 Å². The molecule has 0 saturated heterocycles. The number of nitrogens with one attached hydrogen (secondary N) is 1. The van der Waals surface area contributed by atoms with Crippen molar-refractivity contribution >= 4 is 5.91 Å². The molecule has 0 rings (SSSR count). The third-order valence-corrected chi connectivity index (χ3v) is 2.66. The molecule has 0 atom stereocenters. The summed E-state index contributed by atoms with van der Waals surface area (Å²) in [5, 5.41) is 2.78. The monoisotopic (exact) mass is 187 g/mol. The summed E-state index contributed by atoms with van der Waals surface area (Å²) in [7, 11) is 0. The topological polar surface area (TPSA) is 81.1 Å². The van der Waals surface area contributed by atoms with Crippen molar-refractivity contribution in [3.8, 4) is 0 Å². The van der Waals surface area contributed by atoms with Crippen LogP contribution in [0.1, 0.15) is 26.7 Å². The zero-order valence-electron chi connectivity index (χ0n) is 8.60. The van der Waals surface area contributed by atoms with Gasteiger partial charge in [0.15, 0.2) is 0 Å². The molecule has 5 N–H and O–H groups in total. The maximum atomic E-state index is 11.7. The molecule has 0 aliphatic heterocycles. The summed E-state index contributed by atoms with van der Waals surface area (Å²) >= 11 is 0. The first-order valence-electron chi connectivity index (χ1n) is 4.85. The van der Waals surface area contributed by atoms with E-state index in [1.165, 1.54) is 0 Å². The quantitative estimate of drug-likeness (QED) is 0.540. The lowest BCUT2D eigenvalue weighted by Gasteiger charge is -2.28. The van der Waals surface area contributed by atoms with Gasteiger partial charge in [-0.15, -0.1) is 0 Å². The molecule has 4 heteroatoms. The minimum atomic E-state index is -0.394. The molecule has 0 radical (unpaired) electrons. The zero-order chi connectivity index (χ0) is 10.3. The van der Waals surface area contributed by atoms with Crippen molar-refractivity contribution in [1.82, 2.24) is 5.32 Å². The zero-order valence-corrected chi connectivity index (χ0v) is 8.60. The van der Waals surface area contributed by atoms with Gasteiger partial charge in [-0.05, 0) is 12.8 Å². The molecule has 0 aliphatic rings. The number of hydrogen-bond donors (Lipinski definition) is 3. The molecule has 1 amide bonds. The molecule has 78 valence electrons. The van der Waals surface area contributed by atoms with Crippen LogP contribution in [-0.2, 0) is 4.79 Å². The second-order valence-corrected chi connectivity index (χ2v) is 3.24. The van der Waals surface area contributed by atoms with E-state index >= 15 is 0 Å². The lowest BCUT2D eigenvalue weighted by atomic mass is 9.81. The van der Waals surface area contributed by atoms with Crippen molar-refractivity contribution in [2.75, 3.05) is 19.6 Å². The molecule has 0 aromatic carbocycles. The number of amides is 1. The molecule has 0 fully saturated rings. The average Bonchev–Trinajstić information content (AvgIpc) is 2.18. The van der Waals surface area contributed by atoms with Gasteiger partial charge < -0.3 is 16.8 Å². The third-order valence-electron chi connectivity index (χ3n) is 2.66.